The van der Waals surface area contributed by atoms with Crippen molar-refractivity contribution >= 4 is 26.8 Å². The van der Waals surface area contributed by atoms with Crippen LogP contribution in [0.2, 0.25) is 0 Å². The van der Waals surface area contributed by atoms with Gasteiger partial charge in [0.05, 0.1) is 10.5 Å². The Morgan fingerprint density at radius 1 is 1.03 bits per heavy atom. The highest BCUT2D eigenvalue weighted by molar-refractivity contribution is 7.89. The number of benzene rings is 1. The average Bonchev–Trinajstić information content (AvgIpc) is 3.44. The molecule has 3 heterocycles. The number of aromatic amines is 1. The van der Waals surface area contributed by atoms with Crippen molar-refractivity contribution in [1.82, 2.24) is 19.5 Å². The van der Waals surface area contributed by atoms with Crippen LogP contribution in [0, 0.1) is 0 Å². The van der Waals surface area contributed by atoms with E-state index in [1.807, 2.05) is 0 Å². The van der Waals surface area contributed by atoms with Gasteiger partial charge in [0.2, 0.25) is 15.6 Å². The maximum atomic E-state index is 12.9. The molecular weight excluding hydrogens is 404 g/mol. The van der Waals surface area contributed by atoms with Crippen LogP contribution in [0.4, 0.5) is 0 Å². The van der Waals surface area contributed by atoms with E-state index in [1.54, 1.807) is 6.07 Å². The zero-order valence-corrected chi connectivity index (χ0v) is 17.8. The van der Waals surface area contributed by atoms with Crippen LogP contribution in [0.5, 0.6) is 0 Å². The number of fused-ring (bicyclic) bond motifs is 1. The highest BCUT2D eigenvalue weighted by atomic mass is 32.2. The van der Waals surface area contributed by atoms with Crippen molar-refractivity contribution < 1.29 is 13.2 Å². The van der Waals surface area contributed by atoms with Crippen LogP contribution < -0.4 is 10.9 Å². The summed E-state index contributed by atoms with van der Waals surface area (Å²) in [5.74, 6) is -0.358. The van der Waals surface area contributed by atoms with Gasteiger partial charge in [-0.3, -0.25) is 9.59 Å². The molecule has 2 saturated heterocycles. The fraction of sp³-hybridized carbons (Fsp3) is 0.524. The summed E-state index contributed by atoms with van der Waals surface area (Å²) in [6.07, 6.45) is 5.00. The van der Waals surface area contributed by atoms with Crippen molar-refractivity contribution in [3.05, 3.63) is 40.2 Å². The minimum absolute atomic E-state index is 0.145. The Morgan fingerprint density at radius 3 is 2.47 bits per heavy atom. The molecule has 0 radical (unpaired) electrons. The molecule has 1 amide bonds. The van der Waals surface area contributed by atoms with Gasteiger partial charge in [0.1, 0.15) is 0 Å². The number of sulfonamides is 1. The SMILES string of the molecule is O=C(NCCCN1CCCC1)c1cc(=O)[nH]c2ccc(S(=O)(=O)N3CCCC3)cc12. The monoisotopic (exact) mass is 432 g/mol. The van der Waals surface area contributed by atoms with Crippen LogP contribution in [0.3, 0.4) is 0 Å². The first-order valence-electron chi connectivity index (χ1n) is 10.6. The van der Waals surface area contributed by atoms with Gasteiger partial charge >= 0.3 is 0 Å². The van der Waals surface area contributed by atoms with Gasteiger partial charge in [0, 0.05) is 36.6 Å². The molecule has 2 N–H and O–H groups in total. The summed E-state index contributed by atoms with van der Waals surface area (Å²) in [6, 6.07) is 5.79. The molecule has 1 aromatic heterocycles. The van der Waals surface area contributed by atoms with Gasteiger partial charge in [-0.2, -0.15) is 4.31 Å². The van der Waals surface area contributed by atoms with E-state index in [-0.39, 0.29) is 21.9 Å². The third kappa shape index (κ3) is 4.43. The van der Waals surface area contributed by atoms with E-state index in [2.05, 4.69) is 15.2 Å². The summed E-state index contributed by atoms with van der Waals surface area (Å²) in [4.78, 5) is 30.0. The number of carbonyl (C=O) groups excluding carboxylic acids is 1. The predicted octanol–water partition coefficient (Wildman–Crippen LogP) is 1.53. The summed E-state index contributed by atoms with van der Waals surface area (Å²) in [7, 11) is -3.61. The number of nitrogens with one attached hydrogen (secondary N) is 2. The number of aromatic nitrogens is 1. The predicted molar refractivity (Wildman–Crippen MR) is 115 cm³/mol. The quantitative estimate of drug-likeness (QED) is 0.646. The van der Waals surface area contributed by atoms with Crippen molar-refractivity contribution in [3.8, 4) is 0 Å². The molecule has 4 rings (SSSR count). The molecule has 30 heavy (non-hydrogen) atoms. The number of amides is 1. The highest BCUT2D eigenvalue weighted by Gasteiger charge is 2.27. The largest absolute Gasteiger partial charge is 0.352 e. The maximum absolute atomic E-state index is 12.9. The third-order valence-electron chi connectivity index (χ3n) is 5.90. The lowest BCUT2D eigenvalue weighted by Gasteiger charge is -2.16. The average molecular weight is 433 g/mol. The Morgan fingerprint density at radius 2 is 1.73 bits per heavy atom. The van der Waals surface area contributed by atoms with E-state index in [4.69, 9.17) is 0 Å². The van der Waals surface area contributed by atoms with Gasteiger partial charge < -0.3 is 15.2 Å². The number of hydrogen-bond acceptors (Lipinski definition) is 5. The van der Waals surface area contributed by atoms with Gasteiger partial charge in [-0.05, 0) is 69.9 Å². The molecule has 0 spiro atoms. The molecule has 1 aromatic carbocycles. The summed E-state index contributed by atoms with van der Waals surface area (Å²) < 4.78 is 27.3. The van der Waals surface area contributed by atoms with Gasteiger partial charge in [0.15, 0.2) is 0 Å². The highest BCUT2D eigenvalue weighted by Crippen LogP contribution is 2.25. The molecule has 0 atom stereocenters. The second-order valence-corrected chi connectivity index (χ2v) is 9.96. The van der Waals surface area contributed by atoms with Crippen molar-refractivity contribution in [1.29, 1.82) is 0 Å². The second kappa shape index (κ2) is 8.87. The summed E-state index contributed by atoms with van der Waals surface area (Å²) in [6.45, 7) is 4.69. The Bertz CT molecular complexity index is 1080. The normalized spacial score (nSPS) is 18.3. The minimum atomic E-state index is -3.61. The molecule has 2 aliphatic rings. The zero-order valence-electron chi connectivity index (χ0n) is 17.0. The molecule has 2 fully saturated rings. The molecule has 0 bridgehead atoms. The lowest BCUT2D eigenvalue weighted by atomic mass is 10.1. The molecule has 0 unspecified atom stereocenters. The fourth-order valence-electron chi connectivity index (χ4n) is 4.26. The number of pyridine rings is 1. The van der Waals surface area contributed by atoms with Crippen LogP contribution in [0.15, 0.2) is 34.0 Å². The van der Waals surface area contributed by atoms with E-state index < -0.39 is 10.0 Å². The van der Waals surface area contributed by atoms with Crippen molar-refractivity contribution in [3.63, 3.8) is 0 Å². The number of nitrogens with zero attached hydrogens (tertiary/aromatic N) is 2. The summed E-state index contributed by atoms with van der Waals surface area (Å²) in [5, 5.41) is 3.31. The fourth-order valence-corrected chi connectivity index (χ4v) is 5.81. The van der Waals surface area contributed by atoms with Gasteiger partial charge in [-0.1, -0.05) is 0 Å². The van der Waals surface area contributed by atoms with Gasteiger partial charge in [-0.25, -0.2) is 8.42 Å². The van der Waals surface area contributed by atoms with E-state index in [9.17, 15) is 18.0 Å². The third-order valence-corrected chi connectivity index (χ3v) is 7.79. The summed E-state index contributed by atoms with van der Waals surface area (Å²) in [5.41, 5.74) is 0.262. The second-order valence-electron chi connectivity index (χ2n) is 8.02. The number of hydrogen-bond donors (Lipinski definition) is 2. The van der Waals surface area contributed by atoms with E-state index in [0.717, 1.165) is 38.9 Å². The first kappa shape index (κ1) is 21.0. The first-order chi connectivity index (χ1) is 14.4. The van der Waals surface area contributed by atoms with Crippen LogP contribution in [0.1, 0.15) is 42.5 Å². The van der Waals surface area contributed by atoms with Crippen molar-refractivity contribution in [2.24, 2.45) is 0 Å². The van der Waals surface area contributed by atoms with Gasteiger partial charge in [-0.15, -0.1) is 0 Å². The molecule has 2 aromatic rings. The zero-order chi connectivity index (χ0) is 21.1. The maximum Gasteiger partial charge on any atom is 0.252 e. The van der Waals surface area contributed by atoms with Crippen LogP contribution in [-0.4, -0.2) is 67.8 Å². The van der Waals surface area contributed by atoms with E-state index in [0.29, 0.717) is 30.5 Å². The number of carbonyl (C=O) groups is 1. The minimum Gasteiger partial charge on any atom is -0.352 e. The molecule has 162 valence electrons. The van der Waals surface area contributed by atoms with Crippen LogP contribution in [-0.2, 0) is 10.0 Å². The first-order valence-corrected chi connectivity index (χ1v) is 12.1. The summed E-state index contributed by atoms with van der Waals surface area (Å²) >= 11 is 0. The lowest BCUT2D eigenvalue weighted by Crippen LogP contribution is -2.30. The number of H-pyrrole nitrogens is 1. The molecule has 0 saturated carbocycles. The van der Waals surface area contributed by atoms with Crippen LogP contribution in [0.25, 0.3) is 10.9 Å². The topological polar surface area (TPSA) is 103 Å². The van der Waals surface area contributed by atoms with Crippen molar-refractivity contribution in [2.45, 2.75) is 37.0 Å². The van der Waals surface area contributed by atoms with Gasteiger partial charge in [0.25, 0.3) is 5.91 Å². The molecular formula is C21H28N4O4S. The Kier molecular flexibility index (Phi) is 6.21. The Labute approximate surface area is 176 Å². The smallest absolute Gasteiger partial charge is 0.252 e. The molecule has 2 aliphatic heterocycles. The Balaban J connectivity index is 1.55. The number of rotatable bonds is 7. The molecule has 8 nitrogen and oxygen atoms in total. The molecule has 9 heteroatoms. The van der Waals surface area contributed by atoms with E-state index in [1.165, 1.54) is 35.3 Å². The van der Waals surface area contributed by atoms with Crippen LogP contribution >= 0.6 is 0 Å². The number of likely N-dealkylation sites (tertiary alicyclic amines) is 1. The Hall–Kier alpha value is -2.23. The lowest BCUT2D eigenvalue weighted by molar-refractivity contribution is 0.0953. The molecule has 0 aliphatic carbocycles. The standard InChI is InChI=1S/C21H28N4O4S/c26-20-15-18(21(27)22-8-5-11-24-9-1-2-10-24)17-14-16(6-7-19(17)23-20)30(28,29)25-12-3-4-13-25/h6-7,14-15H,1-5,8-13H2,(H,22,27)(H,23,26). The van der Waals surface area contributed by atoms with Crippen molar-refractivity contribution in [2.75, 3.05) is 39.3 Å². The van der Waals surface area contributed by atoms with E-state index >= 15 is 0 Å².